The van der Waals surface area contributed by atoms with E-state index in [0.29, 0.717) is 34.6 Å². The number of fused-ring (bicyclic) bond motifs is 1. The third kappa shape index (κ3) is 5.55. The summed E-state index contributed by atoms with van der Waals surface area (Å²) in [6, 6.07) is 12.6. The summed E-state index contributed by atoms with van der Waals surface area (Å²) in [5.74, 6) is 0.445. The van der Waals surface area contributed by atoms with Crippen molar-refractivity contribution in [3.05, 3.63) is 70.5 Å². The molecule has 0 aliphatic carbocycles. The Morgan fingerprint density at radius 2 is 1.82 bits per heavy atom. The molecule has 3 heterocycles. The van der Waals surface area contributed by atoms with Gasteiger partial charge < -0.3 is 25.4 Å². The van der Waals surface area contributed by atoms with Crippen LogP contribution in [0.3, 0.4) is 0 Å². The lowest BCUT2D eigenvalue weighted by Gasteiger charge is -2.18. The number of aromatic nitrogens is 2. The monoisotopic (exact) mass is 565 g/mol. The smallest absolute Gasteiger partial charge is 0.407 e. The summed E-state index contributed by atoms with van der Waals surface area (Å²) in [7, 11) is 1.53. The molecule has 0 radical (unpaired) electrons. The highest BCUT2D eigenvalue weighted by Crippen LogP contribution is 2.38. The van der Waals surface area contributed by atoms with E-state index in [9.17, 15) is 14.7 Å². The topological polar surface area (TPSA) is 117 Å². The Kier molecular flexibility index (Phi) is 7.45. The van der Waals surface area contributed by atoms with Crippen molar-refractivity contribution in [1.29, 1.82) is 0 Å². The molecule has 200 valence electrons. The van der Waals surface area contributed by atoms with Gasteiger partial charge in [-0.3, -0.25) is 9.78 Å². The van der Waals surface area contributed by atoms with Gasteiger partial charge in [0.2, 0.25) is 0 Å². The van der Waals surface area contributed by atoms with Crippen LogP contribution in [0.5, 0.6) is 5.75 Å². The maximum Gasteiger partial charge on any atom is 0.407 e. The molecule has 1 unspecified atom stereocenters. The molecular weight excluding hydrogens is 541 g/mol. The molecule has 1 aliphatic heterocycles. The SMILES string of the molecule is CNC(=O)OC1CCN(c2ccc(Nc3c(C(C)=O)cnc4ccc(-c5cc(Cl)c(O)c(Cl)c5)cc34)cn2)C1. The number of nitrogens with zero attached hydrogens (tertiary/aromatic N) is 3. The summed E-state index contributed by atoms with van der Waals surface area (Å²) in [5, 5.41) is 16.8. The highest BCUT2D eigenvalue weighted by molar-refractivity contribution is 6.37. The normalized spacial score (nSPS) is 14.9. The fourth-order valence-electron chi connectivity index (χ4n) is 4.54. The van der Waals surface area contributed by atoms with E-state index in [1.165, 1.54) is 14.0 Å². The molecule has 2 aromatic carbocycles. The Bertz CT molecular complexity index is 1560. The highest BCUT2D eigenvalue weighted by Gasteiger charge is 2.26. The lowest BCUT2D eigenvalue weighted by molar-refractivity contribution is 0.101. The Hall–Kier alpha value is -4.08. The number of hydrogen-bond acceptors (Lipinski definition) is 8. The van der Waals surface area contributed by atoms with Crippen LogP contribution in [0.1, 0.15) is 23.7 Å². The van der Waals surface area contributed by atoms with Crippen molar-refractivity contribution in [2.75, 3.05) is 30.4 Å². The molecule has 0 saturated carbocycles. The number of pyridine rings is 2. The number of hydrogen-bond donors (Lipinski definition) is 3. The quantitative estimate of drug-likeness (QED) is 0.237. The number of carbonyl (C=O) groups excluding carboxylic acids is 2. The number of ketones is 1. The molecule has 5 rings (SSSR count). The Labute approximate surface area is 234 Å². The van der Waals surface area contributed by atoms with Crippen LogP contribution >= 0.6 is 23.2 Å². The molecule has 1 fully saturated rings. The minimum atomic E-state index is -0.444. The number of alkyl carbamates (subject to hydrolysis) is 1. The number of halogens is 2. The minimum Gasteiger partial charge on any atom is -0.505 e. The molecule has 0 spiro atoms. The first-order valence-electron chi connectivity index (χ1n) is 12.2. The number of benzene rings is 2. The molecule has 1 aliphatic rings. The Balaban J connectivity index is 1.45. The lowest BCUT2D eigenvalue weighted by Crippen LogP contribution is -2.29. The first-order valence-corrected chi connectivity index (χ1v) is 13.0. The van der Waals surface area contributed by atoms with Crippen LogP contribution < -0.4 is 15.5 Å². The number of phenolic OH excluding ortho intramolecular Hbond substituents is 1. The number of ether oxygens (including phenoxy) is 1. The summed E-state index contributed by atoms with van der Waals surface area (Å²) in [4.78, 5) is 35.2. The van der Waals surface area contributed by atoms with Gasteiger partial charge in [-0.1, -0.05) is 29.3 Å². The third-order valence-electron chi connectivity index (χ3n) is 6.56. The molecule has 4 aromatic rings. The maximum absolute atomic E-state index is 12.5. The van der Waals surface area contributed by atoms with E-state index >= 15 is 0 Å². The van der Waals surface area contributed by atoms with E-state index in [1.54, 1.807) is 24.5 Å². The van der Waals surface area contributed by atoms with Crippen LogP contribution in [0.15, 0.2) is 54.9 Å². The summed E-state index contributed by atoms with van der Waals surface area (Å²) in [5.41, 5.74) is 3.89. The lowest BCUT2D eigenvalue weighted by atomic mass is 10.00. The van der Waals surface area contributed by atoms with E-state index in [0.717, 1.165) is 29.7 Å². The minimum absolute atomic E-state index is 0.141. The van der Waals surface area contributed by atoms with Crippen molar-refractivity contribution in [2.45, 2.75) is 19.4 Å². The second-order valence-corrected chi connectivity index (χ2v) is 9.98. The molecule has 9 nitrogen and oxygen atoms in total. The maximum atomic E-state index is 12.5. The number of phenols is 1. The van der Waals surface area contributed by atoms with E-state index in [-0.39, 0.29) is 27.7 Å². The molecule has 3 N–H and O–H groups in total. The molecule has 2 aromatic heterocycles. The van der Waals surface area contributed by atoms with E-state index in [4.69, 9.17) is 27.9 Å². The fraction of sp³-hybridized carbons (Fsp3) is 0.214. The largest absolute Gasteiger partial charge is 0.505 e. The Morgan fingerprint density at radius 3 is 2.49 bits per heavy atom. The second kappa shape index (κ2) is 11.0. The molecule has 0 bridgehead atoms. The number of aromatic hydroxyl groups is 1. The van der Waals surface area contributed by atoms with E-state index in [1.807, 2.05) is 30.3 Å². The van der Waals surface area contributed by atoms with Crippen molar-refractivity contribution in [3.8, 4) is 16.9 Å². The van der Waals surface area contributed by atoms with Crippen molar-refractivity contribution in [1.82, 2.24) is 15.3 Å². The van der Waals surface area contributed by atoms with Crippen molar-refractivity contribution >= 4 is 63.2 Å². The summed E-state index contributed by atoms with van der Waals surface area (Å²) in [6.45, 7) is 2.77. The second-order valence-electron chi connectivity index (χ2n) is 9.17. The average molecular weight is 566 g/mol. The molecule has 1 saturated heterocycles. The standard InChI is InChI=1S/C28H25Cl2N5O4/c1-15(36)21-13-32-24-5-3-16(17-10-22(29)27(37)23(30)11-17)9-20(24)26(21)34-18-4-6-25(33-12-18)35-8-7-19(14-35)39-28(38)31-2/h3-6,9-13,19,37H,7-8,14H2,1-2H3,(H,31,38)(H,32,34). The Morgan fingerprint density at radius 1 is 1.05 bits per heavy atom. The van der Waals surface area contributed by atoms with Gasteiger partial charge in [-0.25, -0.2) is 9.78 Å². The predicted octanol–water partition coefficient (Wildman–Crippen LogP) is 6.19. The number of amides is 1. The number of carbonyl (C=O) groups is 2. The fourth-order valence-corrected chi connectivity index (χ4v) is 5.03. The molecule has 11 heteroatoms. The van der Waals surface area contributed by atoms with Crippen LogP contribution in [0.2, 0.25) is 10.0 Å². The van der Waals surface area contributed by atoms with Gasteiger partial charge in [0, 0.05) is 31.6 Å². The summed E-state index contributed by atoms with van der Waals surface area (Å²) < 4.78 is 5.36. The van der Waals surface area contributed by atoms with Crippen LogP contribution in [0.25, 0.3) is 22.0 Å². The van der Waals surface area contributed by atoms with Crippen LogP contribution in [-0.4, -0.2) is 53.2 Å². The third-order valence-corrected chi connectivity index (χ3v) is 7.14. The van der Waals surface area contributed by atoms with Gasteiger partial charge in [-0.15, -0.1) is 0 Å². The van der Waals surface area contributed by atoms with Gasteiger partial charge in [0.05, 0.1) is 45.2 Å². The van der Waals surface area contributed by atoms with Crippen LogP contribution in [0, 0.1) is 0 Å². The van der Waals surface area contributed by atoms with Gasteiger partial charge >= 0.3 is 6.09 Å². The number of Topliss-reactive ketones (excluding diaryl/α,β-unsaturated/α-hetero) is 1. The first kappa shape index (κ1) is 26.5. The highest BCUT2D eigenvalue weighted by atomic mass is 35.5. The van der Waals surface area contributed by atoms with E-state index in [2.05, 4.69) is 25.5 Å². The molecule has 1 atom stereocenters. The van der Waals surface area contributed by atoms with Crippen LogP contribution in [-0.2, 0) is 4.74 Å². The zero-order chi connectivity index (χ0) is 27.7. The van der Waals surface area contributed by atoms with Gasteiger partial charge in [-0.05, 0) is 54.4 Å². The predicted molar refractivity (Wildman–Crippen MR) is 153 cm³/mol. The molecular formula is C28H25Cl2N5O4. The van der Waals surface area contributed by atoms with Gasteiger partial charge in [0.15, 0.2) is 11.5 Å². The van der Waals surface area contributed by atoms with Crippen LogP contribution in [0.4, 0.5) is 22.0 Å². The zero-order valence-electron chi connectivity index (χ0n) is 21.2. The first-order chi connectivity index (χ1) is 18.7. The number of nitrogens with one attached hydrogen (secondary N) is 2. The zero-order valence-corrected chi connectivity index (χ0v) is 22.7. The van der Waals surface area contributed by atoms with E-state index < -0.39 is 6.09 Å². The molecule has 39 heavy (non-hydrogen) atoms. The number of rotatable bonds is 6. The summed E-state index contributed by atoms with van der Waals surface area (Å²) in [6.07, 6.45) is 3.33. The van der Waals surface area contributed by atoms with Gasteiger partial charge in [0.1, 0.15) is 11.9 Å². The van der Waals surface area contributed by atoms with Crippen molar-refractivity contribution < 1.29 is 19.4 Å². The van der Waals surface area contributed by atoms with Crippen molar-refractivity contribution in [2.24, 2.45) is 0 Å². The molecule has 1 amide bonds. The van der Waals surface area contributed by atoms with Crippen molar-refractivity contribution in [3.63, 3.8) is 0 Å². The number of anilines is 3. The average Bonchev–Trinajstić information content (AvgIpc) is 3.39. The van der Waals surface area contributed by atoms with Gasteiger partial charge in [0.25, 0.3) is 0 Å². The van der Waals surface area contributed by atoms with Gasteiger partial charge in [-0.2, -0.15) is 0 Å². The summed E-state index contributed by atoms with van der Waals surface area (Å²) >= 11 is 12.3.